The van der Waals surface area contributed by atoms with Gasteiger partial charge in [-0.05, 0) is 60.2 Å². The molecule has 0 saturated heterocycles. The Kier molecular flexibility index (Phi) is 3.63. The normalized spacial score (nSPS) is 11.4. The molecule has 0 unspecified atom stereocenters. The Bertz CT molecular complexity index is 1000. The molecule has 4 heteroatoms. The fourth-order valence-corrected chi connectivity index (χ4v) is 2.62. The summed E-state index contributed by atoms with van der Waals surface area (Å²) in [5.74, 6) is -0.252. The summed E-state index contributed by atoms with van der Waals surface area (Å²) in [6.45, 7) is 0. The van der Waals surface area contributed by atoms with Crippen molar-refractivity contribution in [3.63, 3.8) is 0 Å². The van der Waals surface area contributed by atoms with Crippen LogP contribution in [0.4, 0.5) is 4.39 Å². The molecule has 0 aliphatic carbocycles. The first kappa shape index (κ1) is 14.3. The van der Waals surface area contributed by atoms with Crippen molar-refractivity contribution in [2.45, 2.75) is 0 Å². The summed E-state index contributed by atoms with van der Waals surface area (Å²) < 4.78 is 13.1. The zero-order valence-corrected chi connectivity index (χ0v) is 12.8. The fourth-order valence-electron chi connectivity index (χ4n) is 2.62. The molecule has 24 heavy (non-hydrogen) atoms. The molecule has 116 valence electrons. The van der Waals surface area contributed by atoms with Gasteiger partial charge in [0.2, 0.25) is 0 Å². The van der Waals surface area contributed by atoms with E-state index >= 15 is 0 Å². The predicted molar refractivity (Wildman–Crippen MR) is 94.7 cm³/mol. The zero-order valence-electron chi connectivity index (χ0n) is 12.8. The number of benzene rings is 2. The van der Waals surface area contributed by atoms with E-state index in [2.05, 4.69) is 21.2 Å². The van der Waals surface area contributed by atoms with E-state index in [9.17, 15) is 4.39 Å². The lowest BCUT2D eigenvalue weighted by atomic mass is 10.1. The SMILES string of the molecule is Fc1ccc(-c2n[nH]c3ccc(/C=C/c4ccccn4)cc23)cc1. The second-order valence-corrected chi connectivity index (χ2v) is 5.47. The van der Waals surface area contributed by atoms with E-state index in [0.717, 1.165) is 33.4 Å². The molecule has 1 N–H and O–H groups in total. The Morgan fingerprint density at radius 1 is 0.917 bits per heavy atom. The van der Waals surface area contributed by atoms with Crippen molar-refractivity contribution in [2.24, 2.45) is 0 Å². The first-order valence-corrected chi connectivity index (χ1v) is 7.63. The van der Waals surface area contributed by atoms with Crippen LogP contribution in [0.1, 0.15) is 11.3 Å². The Labute approximate surface area is 138 Å². The zero-order chi connectivity index (χ0) is 16.4. The number of rotatable bonds is 3. The third-order valence-electron chi connectivity index (χ3n) is 3.84. The van der Waals surface area contributed by atoms with Crippen molar-refractivity contribution in [3.8, 4) is 11.3 Å². The lowest BCUT2D eigenvalue weighted by molar-refractivity contribution is 0.628. The summed E-state index contributed by atoms with van der Waals surface area (Å²) in [5.41, 5.74) is 4.61. The van der Waals surface area contributed by atoms with E-state index in [-0.39, 0.29) is 5.82 Å². The molecule has 0 fully saturated rings. The van der Waals surface area contributed by atoms with Gasteiger partial charge in [-0.2, -0.15) is 5.10 Å². The maximum Gasteiger partial charge on any atom is 0.123 e. The van der Waals surface area contributed by atoms with E-state index in [1.54, 1.807) is 18.3 Å². The summed E-state index contributed by atoms with van der Waals surface area (Å²) in [6, 6.07) is 18.3. The van der Waals surface area contributed by atoms with Gasteiger partial charge in [0.25, 0.3) is 0 Å². The van der Waals surface area contributed by atoms with Crippen LogP contribution >= 0.6 is 0 Å². The minimum atomic E-state index is -0.252. The van der Waals surface area contributed by atoms with Crippen LogP contribution in [0.15, 0.2) is 66.9 Å². The van der Waals surface area contributed by atoms with E-state index in [4.69, 9.17) is 0 Å². The Morgan fingerprint density at radius 3 is 2.58 bits per heavy atom. The van der Waals surface area contributed by atoms with Gasteiger partial charge in [-0.25, -0.2) is 4.39 Å². The van der Waals surface area contributed by atoms with Crippen LogP contribution in [0.2, 0.25) is 0 Å². The van der Waals surface area contributed by atoms with Crippen molar-refractivity contribution >= 4 is 23.1 Å². The van der Waals surface area contributed by atoms with Crippen molar-refractivity contribution < 1.29 is 4.39 Å². The molecular formula is C20H14FN3. The van der Waals surface area contributed by atoms with Crippen molar-refractivity contribution in [1.82, 2.24) is 15.2 Å². The van der Waals surface area contributed by atoms with Crippen LogP contribution in [-0.4, -0.2) is 15.2 Å². The van der Waals surface area contributed by atoms with Gasteiger partial charge < -0.3 is 0 Å². The molecule has 2 aromatic heterocycles. The first-order chi connectivity index (χ1) is 11.8. The number of H-pyrrole nitrogens is 1. The Balaban J connectivity index is 1.73. The highest BCUT2D eigenvalue weighted by atomic mass is 19.1. The summed E-state index contributed by atoms with van der Waals surface area (Å²) >= 11 is 0. The predicted octanol–water partition coefficient (Wildman–Crippen LogP) is 4.93. The van der Waals surface area contributed by atoms with Gasteiger partial charge in [0.05, 0.1) is 16.9 Å². The van der Waals surface area contributed by atoms with Crippen molar-refractivity contribution in [3.05, 3.63) is 83.9 Å². The van der Waals surface area contributed by atoms with Gasteiger partial charge in [0.15, 0.2) is 0 Å². The minimum Gasteiger partial charge on any atom is -0.277 e. The lowest BCUT2D eigenvalue weighted by Crippen LogP contribution is -1.81. The molecule has 0 saturated carbocycles. The lowest BCUT2D eigenvalue weighted by Gasteiger charge is -1.99. The summed E-state index contributed by atoms with van der Waals surface area (Å²) in [5, 5.41) is 8.40. The molecule has 4 aromatic rings. The van der Waals surface area contributed by atoms with Crippen LogP contribution in [0.5, 0.6) is 0 Å². The van der Waals surface area contributed by atoms with Gasteiger partial charge in [-0.1, -0.05) is 18.2 Å². The van der Waals surface area contributed by atoms with Gasteiger partial charge in [-0.15, -0.1) is 0 Å². The van der Waals surface area contributed by atoms with Gasteiger partial charge >= 0.3 is 0 Å². The smallest absolute Gasteiger partial charge is 0.123 e. The molecule has 0 atom stereocenters. The monoisotopic (exact) mass is 315 g/mol. The summed E-state index contributed by atoms with van der Waals surface area (Å²) in [6.07, 6.45) is 5.76. The molecule has 4 rings (SSSR count). The number of hydrogen-bond acceptors (Lipinski definition) is 2. The number of pyridine rings is 1. The molecule has 0 spiro atoms. The number of halogens is 1. The highest BCUT2D eigenvalue weighted by molar-refractivity contribution is 5.94. The maximum absolute atomic E-state index is 13.1. The minimum absolute atomic E-state index is 0.252. The molecule has 0 aliphatic rings. The van der Waals surface area contributed by atoms with Gasteiger partial charge in [0.1, 0.15) is 5.82 Å². The molecule has 2 aromatic carbocycles. The topological polar surface area (TPSA) is 41.6 Å². The van der Waals surface area contributed by atoms with Crippen LogP contribution in [-0.2, 0) is 0 Å². The highest BCUT2D eigenvalue weighted by Gasteiger charge is 2.08. The molecular weight excluding hydrogens is 301 g/mol. The van der Waals surface area contributed by atoms with E-state index in [1.165, 1.54) is 12.1 Å². The number of nitrogens with zero attached hydrogens (tertiary/aromatic N) is 2. The Morgan fingerprint density at radius 2 is 1.79 bits per heavy atom. The number of fused-ring (bicyclic) bond motifs is 1. The fraction of sp³-hybridized carbons (Fsp3) is 0. The molecule has 0 aliphatic heterocycles. The highest BCUT2D eigenvalue weighted by Crippen LogP contribution is 2.27. The van der Waals surface area contributed by atoms with Gasteiger partial charge in [-0.3, -0.25) is 10.1 Å². The van der Waals surface area contributed by atoms with Crippen LogP contribution in [0.25, 0.3) is 34.3 Å². The number of aromatic amines is 1. The largest absolute Gasteiger partial charge is 0.277 e. The second-order valence-electron chi connectivity index (χ2n) is 5.47. The molecule has 0 radical (unpaired) electrons. The average Bonchev–Trinajstić information content (AvgIpc) is 3.05. The number of nitrogens with one attached hydrogen (secondary N) is 1. The van der Waals surface area contributed by atoms with E-state index in [1.807, 2.05) is 42.5 Å². The quantitative estimate of drug-likeness (QED) is 0.582. The first-order valence-electron chi connectivity index (χ1n) is 7.63. The number of hydrogen-bond donors (Lipinski definition) is 1. The number of aromatic nitrogens is 3. The second kappa shape index (κ2) is 6.08. The Hall–Kier alpha value is -3.27. The van der Waals surface area contributed by atoms with E-state index < -0.39 is 0 Å². The van der Waals surface area contributed by atoms with Crippen molar-refractivity contribution in [2.75, 3.05) is 0 Å². The third kappa shape index (κ3) is 2.82. The molecule has 0 bridgehead atoms. The van der Waals surface area contributed by atoms with Crippen molar-refractivity contribution in [1.29, 1.82) is 0 Å². The molecule has 3 nitrogen and oxygen atoms in total. The van der Waals surface area contributed by atoms with Gasteiger partial charge in [0, 0.05) is 17.1 Å². The summed E-state index contributed by atoms with van der Waals surface area (Å²) in [4.78, 5) is 4.28. The average molecular weight is 315 g/mol. The van der Waals surface area contributed by atoms with E-state index in [0.29, 0.717) is 0 Å². The van der Waals surface area contributed by atoms with Crippen LogP contribution in [0, 0.1) is 5.82 Å². The van der Waals surface area contributed by atoms with Crippen LogP contribution < -0.4 is 0 Å². The van der Waals surface area contributed by atoms with Crippen LogP contribution in [0.3, 0.4) is 0 Å². The molecule has 2 heterocycles. The molecule has 0 amide bonds. The third-order valence-corrected chi connectivity index (χ3v) is 3.84. The summed E-state index contributed by atoms with van der Waals surface area (Å²) in [7, 11) is 0. The maximum atomic E-state index is 13.1. The standard InChI is InChI=1S/C20H14FN3/c21-16-8-6-15(7-9-16)20-18-13-14(5-11-19(18)23-24-20)4-10-17-3-1-2-12-22-17/h1-13H,(H,23,24)/b10-4+.